The van der Waals surface area contributed by atoms with Gasteiger partial charge in [-0.05, 0) is 50.2 Å². The van der Waals surface area contributed by atoms with Crippen molar-refractivity contribution in [1.82, 2.24) is 0 Å². The van der Waals surface area contributed by atoms with Gasteiger partial charge in [0.25, 0.3) is 11.6 Å². The Morgan fingerprint density at radius 3 is 2.31 bits per heavy atom. The number of ether oxygens (including phenoxy) is 2. The molecule has 0 atom stereocenters. The summed E-state index contributed by atoms with van der Waals surface area (Å²) < 4.78 is 9.94. The lowest BCUT2D eigenvalue weighted by Crippen LogP contribution is -2.22. The van der Waals surface area contributed by atoms with Crippen LogP contribution in [-0.2, 0) is 9.53 Å². The fourth-order valence-corrected chi connectivity index (χ4v) is 2.69. The van der Waals surface area contributed by atoms with E-state index in [-0.39, 0.29) is 17.1 Å². The molecule has 0 saturated heterocycles. The van der Waals surface area contributed by atoms with E-state index in [0.717, 1.165) is 18.8 Å². The van der Waals surface area contributed by atoms with Crippen molar-refractivity contribution in [2.24, 2.45) is 0 Å². The predicted molar refractivity (Wildman–Crippen MR) is 109 cm³/mol. The molecule has 0 unspecified atom stereocenters. The van der Waals surface area contributed by atoms with E-state index in [2.05, 4.69) is 10.2 Å². The van der Waals surface area contributed by atoms with Gasteiger partial charge in [-0.1, -0.05) is 0 Å². The zero-order valence-electron chi connectivity index (χ0n) is 16.5. The second-order valence-corrected chi connectivity index (χ2v) is 5.98. The Labute approximate surface area is 168 Å². The third-order valence-electron chi connectivity index (χ3n) is 4.24. The molecule has 0 heterocycles. The molecule has 1 N–H and O–H groups in total. The number of hydrogen-bond donors (Lipinski definition) is 1. The summed E-state index contributed by atoms with van der Waals surface area (Å²) in [4.78, 5) is 36.8. The molecule has 0 radical (unpaired) electrons. The predicted octanol–water partition coefficient (Wildman–Crippen LogP) is 3.25. The number of carbonyl (C=O) groups is 2. The summed E-state index contributed by atoms with van der Waals surface area (Å²) in [6.45, 7) is 5.20. The SMILES string of the molecule is CCN(CC)c1ccc(C(=O)OCC(=O)Nc2ccc(OC)cc2[N+](=O)[O-])cc1. The van der Waals surface area contributed by atoms with Crippen molar-refractivity contribution in [3.8, 4) is 5.75 Å². The summed E-state index contributed by atoms with van der Waals surface area (Å²) in [5, 5.41) is 13.5. The minimum atomic E-state index is -0.689. The van der Waals surface area contributed by atoms with E-state index in [9.17, 15) is 19.7 Å². The number of rotatable bonds is 9. The van der Waals surface area contributed by atoms with Gasteiger partial charge in [0.2, 0.25) is 0 Å². The summed E-state index contributed by atoms with van der Waals surface area (Å²) in [6.07, 6.45) is 0. The molecular weight excluding hydrogens is 378 g/mol. The van der Waals surface area contributed by atoms with Crippen LogP contribution in [0.15, 0.2) is 42.5 Å². The fourth-order valence-electron chi connectivity index (χ4n) is 2.69. The number of hydrogen-bond acceptors (Lipinski definition) is 7. The number of esters is 1. The normalized spacial score (nSPS) is 10.2. The molecule has 9 heteroatoms. The van der Waals surface area contributed by atoms with Gasteiger partial charge in [-0.25, -0.2) is 4.79 Å². The number of methoxy groups -OCH3 is 1. The number of anilines is 2. The van der Waals surface area contributed by atoms with Gasteiger partial charge in [0.1, 0.15) is 11.4 Å². The van der Waals surface area contributed by atoms with Crippen LogP contribution in [0.1, 0.15) is 24.2 Å². The minimum Gasteiger partial charge on any atom is -0.496 e. The molecule has 9 nitrogen and oxygen atoms in total. The summed E-state index contributed by atoms with van der Waals surface area (Å²) in [6, 6.07) is 10.9. The Bertz CT molecular complexity index is 878. The highest BCUT2D eigenvalue weighted by molar-refractivity contribution is 5.97. The van der Waals surface area contributed by atoms with Crippen LogP contribution in [0.3, 0.4) is 0 Å². The van der Waals surface area contributed by atoms with Crippen molar-refractivity contribution in [3.63, 3.8) is 0 Å². The van der Waals surface area contributed by atoms with Crippen molar-refractivity contribution in [3.05, 3.63) is 58.1 Å². The number of nitro benzene ring substituents is 1. The maximum atomic E-state index is 12.1. The molecule has 0 spiro atoms. The van der Waals surface area contributed by atoms with E-state index in [0.29, 0.717) is 5.56 Å². The standard InChI is InChI=1S/C20H23N3O6/c1-4-22(5-2)15-8-6-14(7-9-15)20(25)29-13-19(24)21-17-11-10-16(28-3)12-18(17)23(26)27/h6-12H,4-5,13H2,1-3H3,(H,21,24). The third-order valence-corrected chi connectivity index (χ3v) is 4.24. The van der Waals surface area contributed by atoms with Crippen molar-refractivity contribution >= 4 is 28.9 Å². The summed E-state index contributed by atoms with van der Waals surface area (Å²) in [5.41, 5.74) is 0.955. The molecule has 2 rings (SSSR count). The Hall–Kier alpha value is -3.62. The second-order valence-electron chi connectivity index (χ2n) is 5.98. The lowest BCUT2D eigenvalue weighted by Gasteiger charge is -2.20. The van der Waals surface area contributed by atoms with Crippen LogP contribution >= 0.6 is 0 Å². The molecule has 29 heavy (non-hydrogen) atoms. The summed E-state index contributed by atoms with van der Waals surface area (Å²) >= 11 is 0. The smallest absolute Gasteiger partial charge is 0.338 e. The van der Waals surface area contributed by atoms with Crippen LogP contribution in [0.2, 0.25) is 0 Å². The van der Waals surface area contributed by atoms with Crippen LogP contribution in [-0.4, -0.2) is 43.6 Å². The number of nitrogens with one attached hydrogen (secondary N) is 1. The molecule has 0 aliphatic rings. The molecule has 0 saturated carbocycles. The monoisotopic (exact) mass is 401 g/mol. The zero-order chi connectivity index (χ0) is 21.4. The van der Waals surface area contributed by atoms with Gasteiger partial charge in [-0.15, -0.1) is 0 Å². The van der Waals surface area contributed by atoms with Crippen LogP contribution in [0.25, 0.3) is 0 Å². The Morgan fingerprint density at radius 2 is 1.76 bits per heavy atom. The van der Waals surface area contributed by atoms with Crippen LogP contribution in [0.5, 0.6) is 5.75 Å². The lowest BCUT2D eigenvalue weighted by molar-refractivity contribution is -0.384. The third kappa shape index (κ3) is 5.68. The van der Waals surface area contributed by atoms with Gasteiger partial charge in [-0.3, -0.25) is 14.9 Å². The number of amides is 1. The van der Waals surface area contributed by atoms with Gasteiger partial charge < -0.3 is 19.7 Å². The Balaban J connectivity index is 1.97. The van der Waals surface area contributed by atoms with Gasteiger partial charge in [0.15, 0.2) is 6.61 Å². The minimum absolute atomic E-state index is 0.0135. The van der Waals surface area contributed by atoms with Gasteiger partial charge in [0.05, 0.1) is 23.7 Å². The van der Waals surface area contributed by atoms with Crippen LogP contribution in [0, 0.1) is 10.1 Å². The maximum Gasteiger partial charge on any atom is 0.338 e. The second kappa shape index (κ2) is 10.1. The van der Waals surface area contributed by atoms with Gasteiger partial charge in [0, 0.05) is 18.8 Å². The summed E-state index contributed by atoms with van der Waals surface area (Å²) in [5.74, 6) is -1.06. The first-order chi connectivity index (χ1) is 13.9. The Kier molecular flexibility index (Phi) is 7.53. The average molecular weight is 401 g/mol. The van der Waals surface area contributed by atoms with Crippen LogP contribution < -0.4 is 15.0 Å². The molecule has 1 amide bonds. The fraction of sp³-hybridized carbons (Fsp3) is 0.300. The molecule has 0 fully saturated rings. The first-order valence-electron chi connectivity index (χ1n) is 9.04. The highest BCUT2D eigenvalue weighted by atomic mass is 16.6. The number of benzene rings is 2. The van der Waals surface area contributed by atoms with Gasteiger partial charge in [-0.2, -0.15) is 0 Å². The van der Waals surface area contributed by atoms with E-state index >= 15 is 0 Å². The lowest BCUT2D eigenvalue weighted by atomic mass is 10.2. The van der Waals surface area contributed by atoms with Crippen LogP contribution in [0.4, 0.5) is 17.1 Å². The molecule has 0 aliphatic carbocycles. The van der Waals surface area contributed by atoms with Crippen molar-refractivity contribution < 1.29 is 24.0 Å². The molecule has 2 aromatic carbocycles. The zero-order valence-corrected chi connectivity index (χ0v) is 16.5. The highest BCUT2D eigenvalue weighted by Gasteiger charge is 2.18. The van der Waals surface area contributed by atoms with Gasteiger partial charge >= 0.3 is 5.97 Å². The van der Waals surface area contributed by atoms with E-state index in [1.807, 2.05) is 26.0 Å². The molecule has 0 bridgehead atoms. The molecule has 2 aromatic rings. The van der Waals surface area contributed by atoms with E-state index < -0.39 is 23.4 Å². The Morgan fingerprint density at radius 1 is 1.10 bits per heavy atom. The first kappa shape index (κ1) is 21.7. The highest BCUT2D eigenvalue weighted by Crippen LogP contribution is 2.28. The number of nitro groups is 1. The average Bonchev–Trinajstić information content (AvgIpc) is 2.73. The molecular formula is C20H23N3O6. The number of nitrogens with zero attached hydrogens (tertiary/aromatic N) is 2. The maximum absolute atomic E-state index is 12.1. The van der Waals surface area contributed by atoms with E-state index in [4.69, 9.17) is 9.47 Å². The van der Waals surface area contributed by atoms with Crippen molar-refractivity contribution in [1.29, 1.82) is 0 Å². The number of carbonyl (C=O) groups excluding carboxylic acids is 2. The largest absolute Gasteiger partial charge is 0.496 e. The molecule has 0 aromatic heterocycles. The van der Waals surface area contributed by atoms with E-state index in [1.165, 1.54) is 25.3 Å². The van der Waals surface area contributed by atoms with E-state index in [1.54, 1.807) is 12.1 Å². The summed E-state index contributed by atoms with van der Waals surface area (Å²) in [7, 11) is 1.38. The first-order valence-corrected chi connectivity index (χ1v) is 9.04. The quantitative estimate of drug-likeness (QED) is 0.390. The molecule has 154 valence electrons. The van der Waals surface area contributed by atoms with Crippen molar-refractivity contribution in [2.45, 2.75) is 13.8 Å². The topological polar surface area (TPSA) is 111 Å². The molecule has 0 aliphatic heterocycles. The van der Waals surface area contributed by atoms with Crippen molar-refractivity contribution in [2.75, 3.05) is 37.0 Å².